The van der Waals surface area contributed by atoms with Crippen LogP contribution in [0.25, 0.3) is 0 Å². The molecular weight excluding hydrogens is 168 g/mol. The van der Waals surface area contributed by atoms with Gasteiger partial charge in [0, 0.05) is 6.54 Å². The number of nitrogens with two attached hydrogens (primary N) is 1. The summed E-state index contributed by atoms with van der Waals surface area (Å²) in [7, 11) is 0. The van der Waals surface area contributed by atoms with E-state index in [1.54, 1.807) is 0 Å². The lowest BCUT2D eigenvalue weighted by molar-refractivity contribution is -0.121. The van der Waals surface area contributed by atoms with Gasteiger partial charge >= 0.3 is 0 Å². The molecule has 0 aromatic heterocycles. The van der Waals surface area contributed by atoms with Crippen LogP contribution < -0.4 is 11.2 Å². The van der Waals surface area contributed by atoms with Crippen molar-refractivity contribution >= 4 is 6.41 Å². The van der Waals surface area contributed by atoms with Gasteiger partial charge in [0.25, 0.3) is 0 Å². The Labute approximate surface area is 76.6 Å². The van der Waals surface area contributed by atoms with Crippen LogP contribution in [0, 0.1) is 0 Å². The molecule has 0 aliphatic carbocycles. The Morgan fingerprint density at radius 2 is 1.92 bits per heavy atom. The molecule has 0 saturated heterocycles. The predicted octanol–water partition coefficient (Wildman–Crippen LogP) is 0.323. The Kier molecular flexibility index (Phi) is 3.95. The van der Waals surface area contributed by atoms with Crippen molar-refractivity contribution in [2.75, 3.05) is 0 Å². The van der Waals surface area contributed by atoms with Crippen LogP contribution >= 0.6 is 0 Å². The van der Waals surface area contributed by atoms with E-state index in [9.17, 15) is 4.79 Å². The SMILES string of the molecule is NCc1ccc(CONC=O)cc1. The Morgan fingerprint density at radius 3 is 2.46 bits per heavy atom. The van der Waals surface area contributed by atoms with Crippen molar-refractivity contribution in [2.45, 2.75) is 13.2 Å². The predicted molar refractivity (Wildman–Crippen MR) is 48.3 cm³/mol. The van der Waals surface area contributed by atoms with Gasteiger partial charge in [-0.25, -0.2) is 5.48 Å². The van der Waals surface area contributed by atoms with Gasteiger partial charge in [0.15, 0.2) is 0 Å². The van der Waals surface area contributed by atoms with Crippen LogP contribution in [0.15, 0.2) is 24.3 Å². The van der Waals surface area contributed by atoms with Crippen LogP contribution in [0.3, 0.4) is 0 Å². The van der Waals surface area contributed by atoms with E-state index in [2.05, 4.69) is 5.48 Å². The minimum Gasteiger partial charge on any atom is -0.326 e. The molecular formula is C9H12N2O2. The van der Waals surface area contributed by atoms with E-state index in [1.165, 1.54) is 0 Å². The summed E-state index contributed by atoms with van der Waals surface area (Å²) in [5, 5.41) is 0. The molecule has 13 heavy (non-hydrogen) atoms. The van der Waals surface area contributed by atoms with Gasteiger partial charge < -0.3 is 5.73 Å². The quantitative estimate of drug-likeness (QED) is 0.389. The van der Waals surface area contributed by atoms with Crippen molar-refractivity contribution in [1.29, 1.82) is 0 Å². The monoisotopic (exact) mass is 180 g/mol. The molecule has 0 aliphatic heterocycles. The highest BCUT2D eigenvalue weighted by atomic mass is 16.6. The summed E-state index contributed by atoms with van der Waals surface area (Å²) in [6.07, 6.45) is 0.494. The van der Waals surface area contributed by atoms with Crippen LogP contribution in [0.5, 0.6) is 0 Å². The molecule has 1 rings (SSSR count). The van der Waals surface area contributed by atoms with Gasteiger partial charge in [-0.05, 0) is 11.1 Å². The van der Waals surface area contributed by atoms with Crippen LogP contribution in [0.4, 0.5) is 0 Å². The van der Waals surface area contributed by atoms with E-state index in [0.717, 1.165) is 11.1 Å². The number of hydroxylamine groups is 1. The fraction of sp³-hybridized carbons (Fsp3) is 0.222. The van der Waals surface area contributed by atoms with Crippen LogP contribution in [-0.2, 0) is 22.8 Å². The molecule has 0 aliphatic rings. The van der Waals surface area contributed by atoms with Crippen molar-refractivity contribution in [1.82, 2.24) is 5.48 Å². The number of carbonyl (C=O) groups is 1. The van der Waals surface area contributed by atoms with Crippen molar-refractivity contribution in [2.24, 2.45) is 5.73 Å². The molecule has 0 atom stereocenters. The summed E-state index contributed by atoms with van der Waals surface area (Å²) >= 11 is 0. The first-order valence-electron chi connectivity index (χ1n) is 3.95. The number of carbonyl (C=O) groups excluding carboxylic acids is 1. The summed E-state index contributed by atoms with van der Waals surface area (Å²) in [5.41, 5.74) is 9.62. The third kappa shape index (κ3) is 3.23. The Balaban J connectivity index is 2.44. The maximum Gasteiger partial charge on any atom is 0.230 e. The number of benzene rings is 1. The maximum absolute atomic E-state index is 9.84. The van der Waals surface area contributed by atoms with E-state index in [-0.39, 0.29) is 0 Å². The molecule has 1 aromatic rings. The van der Waals surface area contributed by atoms with Crippen LogP contribution in [0.2, 0.25) is 0 Å². The molecule has 1 aromatic carbocycles. The van der Waals surface area contributed by atoms with E-state index < -0.39 is 0 Å². The molecule has 4 heteroatoms. The zero-order chi connectivity index (χ0) is 9.52. The van der Waals surface area contributed by atoms with Crippen LogP contribution in [0.1, 0.15) is 11.1 Å². The fourth-order valence-electron chi connectivity index (χ4n) is 0.931. The lowest BCUT2D eigenvalue weighted by Gasteiger charge is -2.02. The largest absolute Gasteiger partial charge is 0.326 e. The minimum absolute atomic E-state index is 0.365. The van der Waals surface area contributed by atoms with Crippen molar-refractivity contribution < 1.29 is 9.63 Å². The standard InChI is InChI=1S/C9H12N2O2/c10-5-8-1-3-9(4-2-8)6-13-11-7-12/h1-4,7H,5-6,10H2,(H,11,12). The van der Waals surface area contributed by atoms with Crippen molar-refractivity contribution in [3.8, 4) is 0 Å². The fourth-order valence-corrected chi connectivity index (χ4v) is 0.931. The number of rotatable bonds is 5. The highest BCUT2D eigenvalue weighted by Gasteiger charge is 1.92. The van der Waals surface area contributed by atoms with Gasteiger partial charge in [0.05, 0.1) is 6.61 Å². The Morgan fingerprint density at radius 1 is 1.31 bits per heavy atom. The number of hydrogen-bond donors (Lipinski definition) is 2. The Hall–Kier alpha value is -1.39. The first-order chi connectivity index (χ1) is 6.36. The lowest BCUT2D eigenvalue weighted by Crippen LogP contribution is -2.11. The minimum atomic E-state index is 0.365. The third-order valence-electron chi connectivity index (χ3n) is 1.63. The van der Waals surface area contributed by atoms with Crippen molar-refractivity contribution in [3.63, 3.8) is 0 Å². The van der Waals surface area contributed by atoms with Gasteiger partial charge in [-0.2, -0.15) is 0 Å². The summed E-state index contributed by atoms with van der Waals surface area (Å²) in [4.78, 5) is 14.6. The smallest absolute Gasteiger partial charge is 0.230 e. The molecule has 0 spiro atoms. The van der Waals surface area contributed by atoms with E-state index in [0.29, 0.717) is 19.6 Å². The van der Waals surface area contributed by atoms with Gasteiger partial charge in [0.2, 0.25) is 6.41 Å². The second-order valence-corrected chi connectivity index (χ2v) is 2.54. The average Bonchev–Trinajstić information content (AvgIpc) is 2.19. The first-order valence-corrected chi connectivity index (χ1v) is 3.95. The molecule has 0 bridgehead atoms. The van der Waals surface area contributed by atoms with Gasteiger partial charge in [0.1, 0.15) is 0 Å². The summed E-state index contributed by atoms with van der Waals surface area (Å²) in [6, 6.07) is 7.68. The van der Waals surface area contributed by atoms with E-state index in [1.807, 2.05) is 24.3 Å². The van der Waals surface area contributed by atoms with Crippen LogP contribution in [-0.4, -0.2) is 6.41 Å². The third-order valence-corrected chi connectivity index (χ3v) is 1.63. The average molecular weight is 180 g/mol. The molecule has 4 nitrogen and oxygen atoms in total. The second-order valence-electron chi connectivity index (χ2n) is 2.54. The number of nitrogens with one attached hydrogen (secondary N) is 1. The maximum atomic E-state index is 9.84. The van der Waals surface area contributed by atoms with E-state index in [4.69, 9.17) is 10.6 Å². The molecule has 3 N–H and O–H groups in total. The second kappa shape index (κ2) is 5.29. The molecule has 0 saturated carbocycles. The zero-order valence-electron chi connectivity index (χ0n) is 7.19. The number of hydrogen-bond acceptors (Lipinski definition) is 3. The first kappa shape index (κ1) is 9.70. The summed E-state index contributed by atoms with van der Waals surface area (Å²) in [5.74, 6) is 0. The molecule has 70 valence electrons. The molecule has 1 amide bonds. The number of amides is 1. The molecule has 0 heterocycles. The lowest BCUT2D eigenvalue weighted by atomic mass is 10.1. The Bertz CT molecular complexity index is 259. The normalized spacial score (nSPS) is 9.62. The van der Waals surface area contributed by atoms with Gasteiger partial charge in [-0.3, -0.25) is 9.63 Å². The molecule has 0 fully saturated rings. The summed E-state index contributed by atoms with van der Waals surface area (Å²) in [6.45, 7) is 0.900. The summed E-state index contributed by atoms with van der Waals surface area (Å²) < 4.78 is 0. The highest BCUT2D eigenvalue weighted by molar-refractivity contribution is 5.43. The van der Waals surface area contributed by atoms with Crippen molar-refractivity contribution in [3.05, 3.63) is 35.4 Å². The molecule has 0 unspecified atom stereocenters. The van der Waals surface area contributed by atoms with Gasteiger partial charge in [-0.15, -0.1) is 0 Å². The zero-order valence-corrected chi connectivity index (χ0v) is 7.19. The topological polar surface area (TPSA) is 64.3 Å². The van der Waals surface area contributed by atoms with E-state index >= 15 is 0 Å². The molecule has 0 radical (unpaired) electrons. The highest BCUT2D eigenvalue weighted by Crippen LogP contribution is 2.04. The van der Waals surface area contributed by atoms with Gasteiger partial charge in [-0.1, -0.05) is 24.3 Å².